The summed E-state index contributed by atoms with van der Waals surface area (Å²) in [4.78, 5) is 25.0. The Morgan fingerprint density at radius 3 is 2.66 bits per heavy atom. The topological polar surface area (TPSA) is 88.7 Å². The lowest BCUT2D eigenvalue weighted by Crippen LogP contribution is -2.34. The number of thiocarbonyl (C=S) groups is 1. The van der Waals surface area contributed by atoms with Gasteiger partial charge in [-0.25, -0.2) is 0 Å². The van der Waals surface area contributed by atoms with E-state index in [1.165, 1.54) is 0 Å². The largest absolute Gasteiger partial charge is 0.493 e. The number of nitrogens with one attached hydrogen (secondary N) is 3. The summed E-state index contributed by atoms with van der Waals surface area (Å²) in [5.74, 6) is -0.0362. The second kappa shape index (κ2) is 11.9. The molecule has 1 fully saturated rings. The van der Waals surface area contributed by atoms with E-state index >= 15 is 0 Å². The van der Waals surface area contributed by atoms with Gasteiger partial charge in [0.1, 0.15) is 5.75 Å². The minimum atomic E-state index is -0.375. The summed E-state index contributed by atoms with van der Waals surface area (Å²) in [6, 6.07) is 12.1. The number of halogens is 1. The summed E-state index contributed by atoms with van der Waals surface area (Å²) in [6.07, 6.45) is 2.93. The van der Waals surface area contributed by atoms with Gasteiger partial charge >= 0.3 is 0 Å². The molecule has 1 aliphatic heterocycles. The van der Waals surface area contributed by atoms with Gasteiger partial charge in [0.2, 0.25) is 0 Å². The molecule has 1 unspecified atom stereocenters. The zero-order valence-electron chi connectivity index (χ0n) is 17.8. The fourth-order valence-corrected chi connectivity index (χ4v) is 3.74. The number of benzene rings is 2. The number of carbonyl (C=O) groups excluding carboxylic acids is 2. The third-order valence-electron chi connectivity index (χ3n) is 4.79. The van der Waals surface area contributed by atoms with E-state index in [0.29, 0.717) is 35.7 Å². The summed E-state index contributed by atoms with van der Waals surface area (Å²) in [6.45, 7) is 3.77. The Hall–Kier alpha value is -2.49. The van der Waals surface area contributed by atoms with Gasteiger partial charge in [-0.15, -0.1) is 0 Å². The first-order valence-corrected chi connectivity index (χ1v) is 11.7. The lowest BCUT2D eigenvalue weighted by molar-refractivity contribution is 0.0857. The first kappa shape index (κ1) is 24.2. The molecule has 1 saturated heterocycles. The van der Waals surface area contributed by atoms with E-state index in [4.69, 9.17) is 21.7 Å². The molecule has 0 spiro atoms. The fraction of sp³-hybridized carbons (Fsp3) is 0.348. The van der Waals surface area contributed by atoms with Crippen LogP contribution in [-0.4, -0.2) is 42.8 Å². The highest BCUT2D eigenvalue weighted by Gasteiger charge is 2.17. The van der Waals surface area contributed by atoms with E-state index in [0.717, 1.165) is 30.3 Å². The fourth-order valence-electron chi connectivity index (χ4n) is 3.17. The molecule has 0 radical (unpaired) electrons. The number of anilines is 1. The van der Waals surface area contributed by atoms with E-state index in [9.17, 15) is 9.59 Å². The van der Waals surface area contributed by atoms with Gasteiger partial charge in [-0.05, 0) is 73.9 Å². The SMILES string of the molecule is CCCOc1ccc(Br)cc1C(=O)NC(=S)Nc1ccc(C(=O)NCC2CCCO2)cc1. The summed E-state index contributed by atoms with van der Waals surface area (Å²) in [7, 11) is 0. The van der Waals surface area contributed by atoms with Gasteiger partial charge in [-0.2, -0.15) is 0 Å². The summed E-state index contributed by atoms with van der Waals surface area (Å²) >= 11 is 8.65. The number of hydrogen-bond donors (Lipinski definition) is 3. The van der Waals surface area contributed by atoms with Crippen molar-refractivity contribution in [3.63, 3.8) is 0 Å². The number of carbonyl (C=O) groups is 2. The standard InChI is InChI=1S/C23H26BrN3O4S/c1-2-11-31-20-10-7-16(24)13-19(20)22(29)27-23(32)26-17-8-5-15(6-9-17)21(28)25-14-18-4-3-12-30-18/h5-10,13,18H,2-4,11-12,14H2,1H3,(H,25,28)(H2,26,27,29,32). The number of ether oxygens (including phenoxy) is 2. The highest BCUT2D eigenvalue weighted by Crippen LogP contribution is 2.23. The molecule has 0 aromatic heterocycles. The van der Waals surface area contributed by atoms with Crippen molar-refractivity contribution in [3.8, 4) is 5.75 Å². The molecule has 7 nitrogen and oxygen atoms in total. The highest BCUT2D eigenvalue weighted by molar-refractivity contribution is 9.10. The molecule has 2 amide bonds. The van der Waals surface area contributed by atoms with Crippen molar-refractivity contribution in [1.82, 2.24) is 10.6 Å². The van der Waals surface area contributed by atoms with Crippen LogP contribution in [0.5, 0.6) is 5.75 Å². The molecule has 2 aromatic rings. The van der Waals surface area contributed by atoms with Gasteiger partial charge in [0.05, 0.1) is 18.3 Å². The molecule has 0 bridgehead atoms. The Bertz CT molecular complexity index is 962. The Kier molecular flexibility index (Phi) is 9.01. The molecular weight excluding hydrogens is 494 g/mol. The zero-order chi connectivity index (χ0) is 22.9. The minimum Gasteiger partial charge on any atom is -0.493 e. The van der Waals surface area contributed by atoms with Crippen LogP contribution in [0.15, 0.2) is 46.9 Å². The lowest BCUT2D eigenvalue weighted by atomic mass is 10.2. The molecule has 32 heavy (non-hydrogen) atoms. The molecule has 0 saturated carbocycles. The van der Waals surface area contributed by atoms with Gasteiger partial charge < -0.3 is 20.1 Å². The Morgan fingerprint density at radius 2 is 1.97 bits per heavy atom. The predicted octanol–water partition coefficient (Wildman–Crippen LogP) is 4.27. The van der Waals surface area contributed by atoms with E-state index in [1.54, 1.807) is 36.4 Å². The van der Waals surface area contributed by atoms with Crippen molar-refractivity contribution in [3.05, 3.63) is 58.1 Å². The van der Waals surface area contributed by atoms with E-state index < -0.39 is 0 Å². The maximum absolute atomic E-state index is 12.7. The second-order valence-electron chi connectivity index (χ2n) is 7.32. The Morgan fingerprint density at radius 1 is 1.19 bits per heavy atom. The van der Waals surface area contributed by atoms with Crippen LogP contribution >= 0.6 is 28.1 Å². The second-order valence-corrected chi connectivity index (χ2v) is 8.64. The molecule has 1 aliphatic rings. The van der Waals surface area contributed by atoms with Crippen molar-refractivity contribution >= 4 is 50.8 Å². The van der Waals surface area contributed by atoms with Gasteiger partial charge in [0, 0.05) is 28.9 Å². The quantitative estimate of drug-likeness (QED) is 0.451. The minimum absolute atomic E-state index is 0.0963. The van der Waals surface area contributed by atoms with Gasteiger partial charge in [-0.3, -0.25) is 14.9 Å². The van der Waals surface area contributed by atoms with Gasteiger partial charge in [0.25, 0.3) is 11.8 Å². The van der Waals surface area contributed by atoms with Crippen molar-refractivity contribution in [2.45, 2.75) is 32.3 Å². The molecule has 1 heterocycles. The number of amides is 2. The van der Waals surface area contributed by atoms with Crippen molar-refractivity contribution < 1.29 is 19.1 Å². The molecule has 3 rings (SSSR count). The number of hydrogen-bond acceptors (Lipinski definition) is 5. The van der Waals surface area contributed by atoms with Crippen LogP contribution in [0.3, 0.4) is 0 Å². The van der Waals surface area contributed by atoms with Crippen molar-refractivity contribution in [1.29, 1.82) is 0 Å². The highest BCUT2D eigenvalue weighted by atomic mass is 79.9. The maximum Gasteiger partial charge on any atom is 0.261 e. The van der Waals surface area contributed by atoms with Crippen LogP contribution in [-0.2, 0) is 4.74 Å². The van der Waals surface area contributed by atoms with Crippen molar-refractivity contribution in [2.75, 3.05) is 25.1 Å². The smallest absolute Gasteiger partial charge is 0.261 e. The van der Waals surface area contributed by atoms with Crippen LogP contribution in [0, 0.1) is 0 Å². The van der Waals surface area contributed by atoms with Crippen LogP contribution in [0.4, 0.5) is 5.69 Å². The molecular formula is C23H26BrN3O4S. The molecule has 2 aromatic carbocycles. The average molecular weight is 520 g/mol. The summed E-state index contributed by atoms with van der Waals surface area (Å²) in [5, 5.41) is 8.66. The average Bonchev–Trinajstić information content (AvgIpc) is 3.30. The Labute approximate surface area is 201 Å². The van der Waals surface area contributed by atoms with Gasteiger partial charge in [-0.1, -0.05) is 22.9 Å². The first-order chi connectivity index (χ1) is 15.5. The van der Waals surface area contributed by atoms with Crippen LogP contribution in [0.1, 0.15) is 46.9 Å². The van der Waals surface area contributed by atoms with E-state index in [2.05, 4.69) is 31.9 Å². The third kappa shape index (κ3) is 7.01. The van der Waals surface area contributed by atoms with Crippen molar-refractivity contribution in [2.24, 2.45) is 0 Å². The van der Waals surface area contributed by atoms with Crippen LogP contribution in [0.25, 0.3) is 0 Å². The first-order valence-electron chi connectivity index (χ1n) is 10.5. The molecule has 0 aliphatic carbocycles. The monoisotopic (exact) mass is 519 g/mol. The lowest BCUT2D eigenvalue weighted by Gasteiger charge is -2.14. The van der Waals surface area contributed by atoms with Gasteiger partial charge in [0.15, 0.2) is 5.11 Å². The third-order valence-corrected chi connectivity index (χ3v) is 5.49. The van der Waals surface area contributed by atoms with E-state index in [1.807, 2.05) is 13.0 Å². The Balaban J connectivity index is 1.54. The maximum atomic E-state index is 12.7. The van der Waals surface area contributed by atoms with Crippen LogP contribution in [0.2, 0.25) is 0 Å². The van der Waals surface area contributed by atoms with E-state index in [-0.39, 0.29) is 23.0 Å². The normalized spacial score (nSPS) is 15.1. The van der Waals surface area contributed by atoms with Crippen LogP contribution < -0.4 is 20.7 Å². The summed E-state index contributed by atoms with van der Waals surface area (Å²) < 4.78 is 11.9. The molecule has 9 heteroatoms. The number of rotatable bonds is 8. The molecule has 1 atom stereocenters. The summed E-state index contributed by atoms with van der Waals surface area (Å²) in [5.41, 5.74) is 1.58. The zero-order valence-corrected chi connectivity index (χ0v) is 20.2. The molecule has 170 valence electrons. The molecule has 3 N–H and O–H groups in total. The predicted molar refractivity (Wildman–Crippen MR) is 131 cm³/mol.